The molecule has 0 amide bonds. The van der Waals surface area contributed by atoms with Crippen LogP contribution in [0.3, 0.4) is 0 Å². The Morgan fingerprint density at radius 1 is 1.24 bits per heavy atom. The summed E-state index contributed by atoms with van der Waals surface area (Å²) in [5, 5.41) is 8.65. The summed E-state index contributed by atoms with van der Waals surface area (Å²) in [6.07, 6.45) is 0. The summed E-state index contributed by atoms with van der Waals surface area (Å²) in [6, 6.07) is 10.4. The van der Waals surface area contributed by atoms with Crippen molar-refractivity contribution >= 4 is 28.6 Å². The van der Waals surface area contributed by atoms with Gasteiger partial charge in [-0.15, -0.1) is 16.7 Å². The van der Waals surface area contributed by atoms with Crippen LogP contribution >= 0.6 is 11.6 Å². The average Bonchev–Trinajstić information content (AvgIpc) is 3.14. The summed E-state index contributed by atoms with van der Waals surface area (Å²) in [7, 11) is 1.43. The van der Waals surface area contributed by atoms with E-state index in [0.29, 0.717) is 5.88 Å². The largest absolute Gasteiger partial charge is 0.469 e. The first-order valence-electron chi connectivity index (χ1n) is 9.82. The van der Waals surface area contributed by atoms with Crippen molar-refractivity contribution in [1.29, 1.82) is 0 Å². The minimum atomic E-state index is -0.785. The highest BCUT2D eigenvalue weighted by molar-refractivity contribution is 6.17. The van der Waals surface area contributed by atoms with Crippen molar-refractivity contribution in [3.05, 3.63) is 58.1 Å². The third-order valence-corrected chi connectivity index (χ3v) is 6.16. The van der Waals surface area contributed by atoms with Crippen LogP contribution in [0.2, 0.25) is 0 Å². The number of carbonyl (C=O) groups excluding carboxylic acids is 1. The van der Waals surface area contributed by atoms with Crippen molar-refractivity contribution in [2.45, 2.75) is 53.0 Å². The molecule has 3 aromatic rings. The lowest BCUT2D eigenvalue weighted by Gasteiger charge is -2.34. The SMILES string of the molecule is CCn1nnc2c(C)c([C@H](c3ccc(C)c(CCl)c3)C(C)(C)C(=O)OC)ccc21. The maximum atomic E-state index is 12.8. The van der Waals surface area contributed by atoms with Gasteiger partial charge in [-0.3, -0.25) is 4.79 Å². The van der Waals surface area contributed by atoms with Gasteiger partial charge in [0.1, 0.15) is 5.52 Å². The second-order valence-corrected chi connectivity index (χ2v) is 8.29. The Morgan fingerprint density at radius 3 is 2.59 bits per heavy atom. The van der Waals surface area contributed by atoms with Crippen molar-refractivity contribution < 1.29 is 9.53 Å². The lowest BCUT2D eigenvalue weighted by molar-refractivity contribution is -0.151. The summed E-state index contributed by atoms with van der Waals surface area (Å²) in [5.74, 6) is -0.0469. The van der Waals surface area contributed by atoms with Crippen LogP contribution in [0.1, 0.15) is 54.5 Å². The van der Waals surface area contributed by atoms with Gasteiger partial charge in [0.05, 0.1) is 18.0 Å². The third-order valence-electron chi connectivity index (χ3n) is 5.88. The number of esters is 1. The predicted octanol–water partition coefficient (Wildman–Crippen LogP) is 5.14. The van der Waals surface area contributed by atoms with Gasteiger partial charge in [-0.2, -0.15) is 0 Å². The Bertz CT molecular complexity index is 1060. The second-order valence-electron chi connectivity index (χ2n) is 8.02. The molecular weight excluding hydrogens is 386 g/mol. The minimum absolute atomic E-state index is 0.214. The molecule has 0 saturated heterocycles. The molecule has 0 radical (unpaired) electrons. The Kier molecular flexibility index (Phi) is 5.99. The number of rotatable bonds is 6. The lowest BCUT2D eigenvalue weighted by atomic mass is 9.69. The number of benzene rings is 2. The highest BCUT2D eigenvalue weighted by Crippen LogP contribution is 2.44. The number of nitrogens with zero attached hydrogens (tertiary/aromatic N) is 3. The van der Waals surface area contributed by atoms with Crippen molar-refractivity contribution in [1.82, 2.24) is 15.0 Å². The second kappa shape index (κ2) is 8.15. The van der Waals surface area contributed by atoms with Crippen molar-refractivity contribution in [2.24, 2.45) is 5.41 Å². The minimum Gasteiger partial charge on any atom is -0.469 e. The molecule has 0 unspecified atom stereocenters. The zero-order chi connectivity index (χ0) is 21.3. The maximum absolute atomic E-state index is 12.8. The van der Waals surface area contributed by atoms with E-state index in [-0.39, 0.29) is 11.9 Å². The molecule has 0 aliphatic heterocycles. The number of hydrogen-bond acceptors (Lipinski definition) is 4. The zero-order valence-corrected chi connectivity index (χ0v) is 18.7. The topological polar surface area (TPSA) is 57.0 Å². The molecule has 0 N–H and O–H groups in total. The fraction of sp³-hybridized carbons (Fsp3) is 0.435. The van der Waals surface area contributed by atoms with Crippen molar-refractivity contribution in [3.63, 3.8) is 0 Å². The van der Waals surface area contributed by atoms with E-state index in [2.05, 4.69) is 34.6 Å². The highest BCUT2D eigenvalue weighted by Gasteiger charge is 2.41. The molecule has 1 heterocycles. The fourth-order valence-corrected chi connectivity index (χ4v) is 4.40. The van der Waals surface area contributed by atoms with Crippen LogP contribution in [-0.4, -0.2) is 28.1 Å². The summed E-state index contributed by atoms with van der Waals surface area (Å²) in [4.78, 5) is 12.8. The van der Waals surface area contributed by atoms with Gasteiger partial charge in [-0.05, 0) is 68.5 Å². The van der Waals surface area contributed by atoms with Crippen LogP contribution in [-0.2, 0) is 22.0 Å². The van der Waals surface area contributed by atoms with Gasteiger partial charge in [-0.25, -0.2) is 4.68 Å². The number of ether oxygens (including phenoxy) is 1. The molecule has 0 spiro atoms. The number of methoxy groups -OCH3 is 1. The van der Waals surface area contributed by atoms with Gasteiger partial charge in [0.2, 0.25) is 0 Å². The summed E-state index contributed by atoms with van der Waals surface area (Å²) >= 11 is 6.17. The number of hydrogen-bond donors (Lipinski definition) is 0. The van der Waals surface area contributed by atoms with E-state index in [1.54, 1.807) is 0 Å². The summed E-state index contributed by atoms with van der Waals surface area (Å²) < 4.78 is 7.05. The van der Waals surface area contributed by atoms with Crippen LogP contribution in [0, 0.1) is 19.3 Å². The molecule has 2 aromatic carbocycles. The van der Waals surface area contributed by atoms with Gasteiger partial charge in [0.25, 0.3) is 0 Å². The molecule has 1 atom stereocenters. The van der Waals surface area contributed by atoms with Crippen LogP contribution in [0.5, 0.6) is 0 Å². The molecule has 0 aliphatic carbocycles. The van der Waals surface area contributed by atoms with E-state index in [1.165, 1.54) is 7.11 Å². The first kappa shape index (κ1) is 21.3. The Morgan fingerprint density at radius 2 is 1.97 bits per heavy atom. The first-order chi connectivity index (χ1) is 13.8. The Hall–Kier alpha value is -2.40. The fourth-order valence-electron chi connectivity index (χ4n) is 4.11. The molecule has 1 aromatic heterocycles. The number of carbonyl (C=O) groups is 1. The van der Waals surface area contributed by atoms with E-state index < -0.39 is 5.41 Å². The monoisotopic (exact) mass is 413 g/mol. The molecule has 5 nitrogen and oxygen atoms in total. The van der Waals surface area contributed by atoms with Crippen LogP contribution in [0.25, 0.3) is 11.0 Å². The summed E-state index contributed by atoms with van der Waals surface area (Å²) in [5.41, 5.74) is 6.37. The number of aromatic nitrogens is 3. The van der Waals surface area contributed by atoms with Crippen molar-refractivity contribution in [3.8, 4) is 0 Å². The van der Waals surface area contributed by atoms with Crippen LogP contribution in [0.4, 0.5) is 0 Å². The van der Waals surface area contributed by atoms with Gasteiger partial charge < -0.3 is 4.74 Å². The molecule has 0 saturated carbocycles. The molecule has 154 valence electrons. The maximum Gasteiger partial charge on any atom is 0.312 e. The number of alkyl halides is 1. The van der Waals surface area contributed by atoms with E-state index in [0.717, 1.165) is 45.4 Å². The van der Waals surface area contributed by atoms with Gasteiger partial charge in [-0.1, -0.05) is 29.5 Å². The lowest BCUT2D eigenvalue weighted by Crippen LogP contribution is -2.34. The molecule has 0 aliphatic rings. The van der Waals surface area contributed by atoms with E-state index >= 15 is 0 Å². The normalized spacial score (nSPS) is 12.9. The number of fused-ring (bicyclic) bond motifs is 1. The molecular formula is C23H28ClN3O2. The van der Waals surface area contributed by atoms with Gasteiger partial charge >= 0.3 is 5.97 Å². The molecule has 6 heteroatoms. The molecule has 0 bridgehead atoms. The molecule has 29 heavy (non-hydrogen) atoms. The summed E-state index contributed by atoms with van der Waals surface area (Å²) in [6.45, 7) is 10.7. The van der Waals surface area contributed by atoms with Gasteiger partial charge in [0, 0.05) is 18.3 Å². The average molecular weight is 414 g/mol. The third kappa shape index (κ3) is 3.64. The zero-order valence-electron chi connectivity index (χ0n) is 17.9. The van der Waals surface area contributed by atoms with E-state index in [9.17, 15) is 4.79 Å². The Labute approximate surface area is 177 Å². The molecule has 3 rings (SSSR count). The molecule has 0 fully saturated rings. The smallest absolute Gasteiger partial charge is 0.312 e. The quantitative estimate of drug-likeness (QED) is 0.414. The Balaban J connectivity index is 2.28. The number of aryl methyl sites for hydroxylation is 3. The predicted molar refractivity (Wildman–Crippen MR) is 116 cm³/mol. The first-order valence-corrected chi connectivity index (χ1v) is 10.4. The standard InChI is InChI=1S/C23H28ClN3O2/c1-7-27-19-11-10-18(15(3)21(19)25-26-27)20(23(4,5)22(28)29-6)16-9-8-14(2)17(12-16)13-24/h8-12,20H,7,13H2,1-6H3/t20-/m0/s1. The van der Waals surface area contributed by atoms with E-state index in [4.69, 9.17) is 16.3 Å². The van der Waals surface area contributed by atoms with Crippen LogP contribution in [0.15, 0.2) is 30.3 Å². The van der Waals surface area contributed by atoms with Crippen LogP contribution < -0.4 is 0 Å². The van der Waals surface area contributed by atoms with Crippen molar-refractivity contribution in [2.75, 3.05) is 7.11 Å². The van der Waals surface area contributed by atoms with Gasteiger partial charge in [0.15, 0.2) is 0 Å². The highest BCUT2D eigenvalue weighted by atomic mass is 35.5. The van der Waals surface area contributed by atoms with E-state index in [1.807, 2.05) is 45.4 Å². The number of halogens is 1.